The molecule has 0 rings (SSSR count). The molecular formula is C8H19NO. The third kappa shape index (κ3) is 3.18. The van der Waals surface area contributed by atoms with Gasteiger partial charge in [-0.05, 0) is 12.8 Å². The minimum atomic E-state index is -0.358. The zero-order valence-electron chi connectivity index (χ0n) is 7.31. The Balaban J connectivity index is 3.69. The van der Waals surface area contributed by atoms with Gasteiger partial charge in [-0.2, -0.15) is 0 Å². The van der Waals surface area contributed by atoms with Crippen LogP contribution in [0, 0.1) is 0 Å². The fourth-order valence-electron chi connectivity index (χ4n) is 1.18. The summed E-state index contributed by atoms with van der Waals surface area (Å²) in [7, 11) is 1.69. The zero-order chi connectivity index (χ0) is 8.04. The van der Waals surface area contributed by atoms with Gasteiger partial charge in [-0.25, -0.2) is 0 Å². The number of hydrogen-bond donors (Lipinski definition) is 1. The minimum absolute atomic E-state index is 0.358. The standard InChI is InChI=1S/C8H19NO/c1-4-6-8(9,10-3)7-5-2/h4-7,9H2,1-3H3. The molecule has 0 aliphatic heterocycles. The van der Waals surface area contributed by atoms with Crippen molar-refractivity contribution < 1.29 is 4.74 Å². The van der Waals surface area contributed by atoms with Gasteiger partial charge in [0.2, 0.25) is 0 Å². The second kappa shape index (κ2) is 4.69. The van der Waals surface area contributed by atoms with E-state index >= 15 is 0 Å². The molecule has 2 N–H and O–H groups in total. The molecule has 0 saturated carbocycles. The zero-order valence-corrected chi connectivity index (χ0v) is 7.31. The maximum atomic E-state index is 5.90. The minimum Gasteiger partial charge on any atom is -0.364 e. The summed E-state index contributed by atoms with van der Waals surface area (Å²) in [5.41, 5.74) is 5.54. The van der Waals surface area contributed by atoms with Crippen molar-refractivity contribution in [2.75, 3.05) is 7.11 Å². The highest BCUT2D eigenvalue weighted by atomic mass is 16.5. The quantitative estimate of drug-likeness (QED) is 0.599. The number of ether oxygens (including phenoxy) is 1. The van der Waals surface area contributed by atoms with E-state index in [1.54, 1.807) is 7.11 Å². The summed E-state index contributed by atoms with van der Waals surface area (Å²) in [6.45, 7) is 4.24. The molecule has 0 heterocycles. The first-order valence-corrected chi connectivity index (χ1v) is 4.02. The second-order valence-electron chi connectivity index (χ2n) is 2.77. The Kier molecular flexibility index (Phi) is 4.65. The van der Waals surface area contributed by atoms with Crippen LogP contribution in [0.3, 0.4) is 0 Å². The van der Waals surface area contributed by atoms with E-state index in [0.717, 1.165) is 25.7 Å². The van der Waals surface area contributed by atoms with Crippen molar-refractivity contribution in [3.8, 4) is 0 Å². The summed E-state index contributed by atoms with van der Waals surface area (Å²) in [5.74, 6) is 0. The van der Waals surface area contributed by atoms with Crippen LogP contribution in [0.2, 0.25) is 0 Å². The van der Waals surface area contributed by atoms with E-state index in [9.17, 15) is 0 Å². The van der Waals surface area contributed by atoms with E-state index < -0.39 is 0 Å². The van der Waals surface area contributed by atoms with Crippen LogP contribution in [-0.4, -0.2) is 12.8 Å². The Morgan fingerprint density at radius 2 is 1.60 bits per heavy atom. The molecule has 0 radical (unpaired) electrons. The molecule has 0 saturated heterocycles. The van der Waals surface area contributed by atoms with Gasteiger partial charge in [-0.1, -0.05) is 26.7 Å². The maximum Gasteiger partial charge on any atom is 0.116 e. The molecule has 0 spiro atoms. The van der Waals surface area contributed by atoms with E-state index in [4.69, 9.17) is 10.5 Å². The van der Waals surface area contributed by atoms with Gasteiger partial charge in [0.1, 0.15) is 5.72 Å². The predicted molar refractivity (Wildman–Crippen MR) is 43.7 cm³/mol. The fraction of sp³-hybridized carbons (Fsp3) is 1.00. The summed E-state index contributed by atoms with van der Waals surface area (Å²) in [6.07, 6.45) is 4.09. The van der Waals surface area contributed by atoms with Gasteiger partial charge < -0.3 is 10.5 Å². The van der Waals surface area contributed by atoms with Crippen molar-refractivity contribution in [3.05, 3.63) is 0 Å². The van der Waals surface area contributed by atoms with Crippen molar-refractivity contribution in [2.24, 2.45) is 5.73 Å². The summed E-state index contributed by atoms with van der Waals surface area (Å²) in [6, 6.07) is 0. The Hall–Kier alpha value is -0.0800. The topological polar surface area (TPSA) is 35.2 Å². The van der Waals surface area contributed by atoms with Crippen molar-refractivity contribution in [1.29, 1.82) is 0 Å². The molecule has 0 aromatic heterocycles. The lowest BCUT2D eigenvalue weighted by atomic mass is 10.0. The van der Waals surface area contributed by atoms with E-state index in [1.165, 1.54) is 0 Å². The maximum absolute atomic E-state index is 5.90. The normalized spacial score (nSPS) is 12.0. The van der Waals surface area contributed by atoms with Crippen LogP contribution in [0.25, 0.3) is 0 Å². The van der Waals surface area contributed by atoms with Gasteiger partial charge in [0.05, 0.1) is 0 Å². The average Bonchev–Trinajstić information content (AvgIpc) is 1.89. The molecule has 0 aromatic rings. The Bertz CT molecular complexity index is 77.3. The summed E-state index contributed by atoms with van der Waals surface area (Å²) >= 11 is 0. The monoisotopic (exact) mass is 145 g/mol. The van der Waals surface area contributed by atoms with Crippen LogP contribution < -0.4 is 5.73 Å². The molecule has 2 nitrogen and oxygen atoms in total. The number of rotatable bonds is 5. The van der Waals surface area contributed by atoms with E-state index in [1.807, 2.05) is 0 Å². The lowest BCUT2D eigenvalue weighted by Gasteiger charge is -2.26. The van der Waals surface area contributed by atoms with E-state index in [0.29, 0.717) is 0 Å². The molecule has 0 amide bonds. The molecule has 2 heteroatoms. The molecule has 10 heavy (non-hydrogen) atoms. The van der Waals surface area contributed by atoms with E-state index in [-0.39, 0.29) is 5.72 Å². The molecule has 0 aliphatic rings. The number of hydrogen-bond acceptors (Lipinski definition) is 2. The van der Waals surface area contributed by atoms with Crippen molar-refractivity contribution in [3.63, 3.8) is 0 Å². The first-order chi connectivity index (χ1) is 4.68. The molecule has 0 aromatic carbocycles. The van der Waals surface area contributed by atoms with Gasteiger partial charge in [0, 0.05) is 7.11 Å². The van der Waals surface area contributed by atoms with Crippen LogP contribution in [0.15, 0.2) is 0 Å². The number of nitrogens with two attached hydrogens (primary N) is 1. The molecule has 0 fully saturated rings. The van der Waals surface area contributed by atoms with Crippen LogP contribution in [0.4, 0.5) is 0 Å². The molecular weight excluding hydrogens is 126 g/mol. The molecule has 62 valence electrons. The van der Waals surface area contributed by atoms with Crippen LogP contribution >= 0.6 is 0 Å². The van der Waals surface area contributed by atoms with Crippen molar-refractivity contribution in [2.45, 2.75) is 45.3 Å². The van der Waals surface area contributed by atoms with E-state index in [2.05, 4.69) is 13.8 Å². The third-order valence-electron chi connectivity index (χ3n) is 1.75. The van der Waals surface area contributed by atoms with Gasteiger partial charge in [0.15, 0.2) is 0 Å². The van der Waals surface area contributed by atoms with Crippen molar-refractivity contribution in [1.82, 2.24) is 0 Å². The Labute approximate surface area is 63.7 Å². The number of methoxy groups -OCH3 is 1. The second-order valence-corrected chi connectivity index (χ2v) is 2.77. The largest absolute Gasteiger partial charge is 0.364 e. The summed E-state index contributed by atoms with van der Waals surface area (Å²) < 4.78 is 5.20. The molecule has 0 aliphatic carbocycles. The summed E-state index contributed by atoms with van der Waals surface area (Å²) in [5, 5.41) is 0. The van der Waals surface area contributed by atoms with Crippen LogP contribution in [0.1, 0.15) is 39.5 Å². The SMILES string of the molecule is CCCC(N)(CCC)OC. The lowest BCUT2D eigenvalue weighted by molar-refractivity contribution is -0.0201. The Morgan fingerprint density at radius 3 is 1.80 bits per heavy atom. The smallest absolute Gasteiger partial charge is 0.116 e. The fourth-order valence-corrected chi connectivity index (χ4v) is 1.18. The Morgan fingerprint density at radius 1 is 1.20 bits per heavy atom. The van der Waals surface area contributed by atoms with Crippen molar-refractivity contribution >= 4 is 0 Å². The first kappa shape index (κ1) is 9.92. The predicted octanol–water partition coefficient (Wildman–Crippen LogP) is 1.89. The highest BCUT2D eigenvalue weighted by Crippen LogP contribution is 2.16. The van der Waals surface area contributed by atoms with Crippen LogP contribution in [-0.2, 0) is 4.74 Å². The first-order valence-electron chi connectivity index (χ1n) is 4.02. The summed E-state index contributed by atoms with van der Waals surface area (Å²) in [4.78, 5) is 0. The molecule has 0 unspecified atom stereocenters. The van der Waals surface area contributed by atoms with Gasteiger partial charge in [-0.15, -0.1) is 0 Å². The van der Waals surface area contributed by atoms with Crippen LogP contribution in [0.5, 0.6) is 0 Å². The van der Waals surface area contributed by atoms with Gasteiger partial charge in [-0.3, -0.25) is 0 Å². The van der Waals surface area contributed by atoms with Gasteiger partial charge >= 0.3 is 0 Å². The highest BCUT2D eigenvalue weighted by molar-refractivity contribution is 4.70. The molecule has 0 atom stereocenters. The van der Waals surface area contributed by atoms with Gasteiger partial charge in [0.25, 0.3) is 0 Å². The lowest BCUT2D eigenvalue weighted by Crippen LogP contribution is -2.41. The highest BCUT2D eigenvalue weighted by Gasteiger charge is 2.20. The average molecular weight is 145 g/mol. The molecule has 0 bridgehead atoms. The third-order valence-corrected chi connectivity index (χ3v) is 1.75.